The third kappa shape index (κ3) is 3.38. The number of methoxy groups -OCH3 is 1. The second kappa shape index (κ2) is 5.76. The summed E-state index contributed by atoms with van der Waals surface area (Å²) in [6.45, 7) is 0.508. The van der Waals surface area contributed by atoms with Crippen LogP contribution in [0.25, 0.3) is 0 Å². The number of hydrogen-bond donors (Lipinski definition) is 2. The average Bonchev–Trinajstić information content (AvgIpc) is 2.46. The van der Waals surface area contributed by atoms with Crippen LogP contribution < -0.4 is 15.8 Å². The van der Waals surface area contributed by atoms with E-state index in [1.165, 1.54) is 12.4 Å². The molecule has 2 heterocycles. The lowest BCUT2D eigenvalue weighted by atomic mass is 10.3. The first-order chi connectivity index (χ1) is 9.19. The molecule has 2 rings (SSSR count). The van der Waals surface area contributed by atoms with Crippen LogP contribution in [0.4, 0.5) is 5.82 Å². The third-order valence-electron chi connectivity index (χ3n) is 2.37. The topological polar surface area (TPSA) is 103 Å². The van der Waals surface area contributed by atoms with Gasteiger partial charge in [-0.25, -0.2) is 9.97 Å². The maximum absolute atomic E-state index is 11.0. The number of aromatic nitrogens is 3. The van der Waals surface area contributed by atoms with Gasteiger partial charge >= 0.3 is 0 Å². The van der Waals surface area contributed by atoms with Crippen LogP contribution in [0.1, 0.15) is 16.1 Å². The molecule has 98 valence electrons. The third-order valence-corrected chi connectivity index (χ3v) is 2.37. The van der Waals surface area contributed by atoms with Gasteiger partial charge < -0.3 is 15.8 Å². The highest BCUT2D eigenvalue weighted by Gasteiger charge is 2.04. The van der Waals surface area contributed by atoms with Gasteiger partial charge in [-0.1, -0.05) is 6.07 Å². The Hall–Kier alpha value is -2.70. The van der Waals surface area contributed by atoms with E-state index in [1.807, 2.05) is 6.07 Å². The molecule has 0 aliphatic rings. The van der Waals surface area contributed by atoms with Crippen LogP contribution in [-0.4, -0.2) is 28.0 Å². The van der Waals surface area contributed by atoms with Gasteiger partial charge in [0.15, 0.2) is 0 Å². The van der Waals surface area contributed by atoms with Crippen molar-refractivity contribution >= 4 is 11.7 Å². The molecule has 0 spiro atoms. The van der Waals surface area contributed by atoms with E-state index < -0.39 is 5.91 Å². The molecular weight excluding hydrogens is 246 g/mol. The van der Waals surface area contributed by atoms with Gasteiger partial charge in [0.1, 0.15) is 11.5 Å². The van der Waals surface area contributed by atoms with Gasteiger partial charge in [-0.2, -0.15) is 0 Å². The molecule has 2 aromatic heterocycles. The summed E-state index contributed by atoms with van der Waals surface area (Å²) in [6, 6.07) is 3.65. The normalized spacial score (nSPS) is 9.95. The van der Waals surface area contributed by atoms with E-state index in [1.54, 1.807) is 19.4 Å². The average molecular weight is 259 g/mol. The van der Waals surface area contributed by atoms with Crippen LogP contribution in [0, 0.1) is 0 Å². The second-order valence-corrected chi connectivity index (χ2v) is 3.72. The number of carbonyl (C=O) groups is 1. The lowest BCUT2D eigenvalue weighted by Crippen LogP contribution is -2.14. The smallest absolute Gasteiger partial charge is 0.268 e. The van der Waals surface area contributed by atoms with E-state index in [9.17, 15) is 4.79 Å². The quantitative estimate of drug-likeness (QED) is 0.814. The van der Waals surface area contributed by atoms with Crippen molar-refractivity contribution in [3.63, 3.8) is 0 Å². The summed E-state index contributed by atoms with van der Waals surface area (Å²) in [7, 11) is 1.56. The Morgan fingerprint density at radius 1 is 1.37 bits per heavy atom. The van der Waals surface area contributed by atoms with E-state index >= 15 is 0 Å². The van der Waals surface area contributed by atoms with Gasteiger partial charge in [-0.15, -0.1) is 0 Å². The van der Waals surface area contributed by atoms with Crippen molar-refractivity contribution in [1.29, 1.82) is 0 Å². The Balaban J connectivity index is 2.01. The summed E-state index contributed by atoms with van der Waals surface area (Å²) in [4.78, 5) is 23.0. The molecule has 0 fully saturated rings. The van der Waals surface area contributed by atoms with Crippen LogP contribution in [0.3, 0.4) is 0 Å². The van der Waals surface area contributed by atoms with Crippen molar-refractivity contribution in [1.82, 2.24) is 15.0 Å². The number of anilines is 1. The van der Waals surface area contributed by atoms with Crippen molar-refractivity contribution in [3.05, 3.63) is 42.0 Å². The molecule has 0 aliphatic heterocycles. The van der Waals surface area contributed by atoms with Gasteiger partial charge in [-0.05, 0) is 5.56 Å². The van der Waals surface area contributed by atoms with Gasteiger partial charge in [0.25, 0.3) is 5.91 Å². The number of carbonyl (C=O) groups excluding carboxylic acids is 1. The SMILES string of the molecule is COc1ccc(CNc2cncc(C(N)=O)n2)cn1. The second-order valence-electron chi connectivity index (χ2n) is 3.72. The molecular formula is C12H13N5O2. The van der Waals surface area contributed by atoms with Crippen LogP contribution in [0.5, 0.6) is 5.88 Å². The number of primary amides is 1. The zero-order valence-electron chi connectivity index (χ0n) is 10.3. The van der Waals surface area contributed by atoms with E-state index in [4.69, 9.17) is 10.5 Å². The summed E-state index contributed by atoms with van der Waals surface area (Å²) in [6.07, 6.45) is 4.53. The monoisotopic (exact) mass is 259 g/mol. The summed E-state index contributed by atoms with van der Waals surface area (Å²) in [5.41, 5.74) is 6.20. The summed E-state index contributed by atoms with van der Waals surface area (Å²) >= 11 is 0. The highest BCUT2D eigenvalue weighted by molar-refractivity contribution is 5.90. The van der Waals surface area contributed by atoms with Gasteiger partial charge in [0.2, 0.25) is 5.88 Å². The Bertz CT molecular complexity index is 571. The number of rotatable bonds is 5. The number of nitrogens with two attached hydrogens (primary N) is 1. The summed E-state index contributed by atoms with van der Waals surface area (Å²) in [5, 5.41) is 3.03. The van der Waals surface area contributed by atoms with Crippen LogP contribution in [0.2, 0.25) is 0 Å². The first kappa shape index (κ1) is 12.7. The van der Waals surface area contributed by atoms with E-state index in [0.717, 1.165) is 5.56 Å². The zero-order valence-corrected chi connectivity index (χ0v) is 10.3. The fraction of sp³-hybridized carbons (Fsp3) is 0.167. The maximum Gasteiger partial charge on any atom is 0.268 e. The maximum atomic E-state index is 11.0. The first-order valence-corrected chi connectivity index (χ1v) is 5.53. The fourth-order valence-corrected chi connectivity index (χ4v) is 1.40. The van der Waals surface area contributed by atoms with Crippen molar-refractivity contribution < 1.29 is 9.53 Å². The van der Waals surface area contributed by atoms with Crippen molar-refractivity contribution in [2.45, 2.75) is 6.54 Å². The number of hydrogen-bond acceptors (Lipinski definition) is 6. The van der Waals surface area contributed by atoms with Crippen molar-refractivity contribution in [2.24, 2.45) is 5.73 Å². The standard InChI is InChI=1S/C12H13N5O2/c1-19-11-3-2-8(5-16-11)4-15-10-7-14-6-9(17-10)12(13)18/h2-3,5-7H,4H2,1H3,(H2,13,18)(H,15,17). The molecule has 2 aromatic rings. The first-order valence-electron chi connectivity index (χ1n) is 5.53. The summed E-state index contributed by atoms with van der Waals surface area (Å²) < 4.78 is 4.97. The highest BCUT2D eigenvalue weighted by atomic mass is 16.5. The van der Waals surface area contributed by atoms with Crippen molar-refractivity contribution in [2.75, 3.05) is 12.4 Å². The Kier molecular flexibility index (Phi) is 3.87. The lowest BCUT2D eigenvalue weighted by molar-refractivity contribution is 0.0995. The molecule has 0 aromatic carbocycles. The zero-order chi connectivity index (χ0) is 13.7. The molecule has 0 saturated heterocycles. The van der Waals surface area contributed by atoms with Gasteiger partial charge in [-0.3, -0.25) is 9.78 Å². The Morgan fingerprint density at radius 2 is 2.21 bits per heavy atom. The van der Waals surface area contributed by atoms with Crippen LogP contribution in [0.15, 0.2) is 30.7 Å². The van der Waals surface area contributed by atoms with Gasteiger partial charge in [0.05, 0.1) is 19.5 Å². The molecule has 7 nitrogen and oxygen atoms in total. The van der Waals surface area contributed by atoms with Crippen molar-refractivity contribution in [3.8, 4) is 5.88 Å². The number of ether oxygens (including phenoxy) is 1. The van der Waals surface area contributed by atoms with E-state index in [-0.39, 0.29) is 5.69 Å². The molecule has 3 N–H and O–H groups in total. The minimum atomic E-state index is -0.609. The molecule has 0 saturated carbocycles. The molecule has 7 heteroatoms. The fourth-order valence-electron chi connectivity index (χ4n) is 1.40. The molecule has 1 amide bonds. The molecule has 0 aliphatic carbocycles. The molecule has 0 atom stereocenters. The van der Waals surface area contributed by atoms with Crippen LogP contribution in [-0.2, 0) is 6.54 Å². The number of nitrogens with one attached hydrogen (secondary N) is 1. The summed E-state index contributed by atoms with van der Waals surface area (Å²) in [5.74, 6) is 0.425. The van der Waals surface area contributed by atoms with Gasteiger partial charge in [0, 0.05) is 18.8 Å². The number of amides is 1. The number of pyridine rings is 1. The largest absolute Gasteiger partial charge is 0.481 e. The van der Waals surface area contributed by atoms with E-state index in [0.29, 0.717) is 18.2 Å². The molecule has 0 radical (unpaired) electrons. The Morgan fingerprint density at radius 3 is 2.84 bits per heavy atom. The minimum absolute atomic E-state index is 0.123. The predicted molar refractivity (Wildman–Crippen MR) is 68.7 cm³/mol. The number of nitrogens with zero attached hydrogens (tertiary/aromatic N) is 3. The highest BCUT2D eigenvalue weighted by Crippen LogP contribution is 2.09. The molecule has 0 unspecified atom stereocenters. The minimum Gasteiger partial charge on any atom is -0.481 e. The lowest BCUT2D eigenvalue weighted by Gasteiger charge is -2.06. The predicted octanol–water partition coefficient (Wildman–Crippen LogP) is 0.591. The Labute approximate surface area is 109 Å². The molecule has 0 bridgehead atoms. The van der Waals surface area contributed by atoms with Crippen LogP contribution >= 0.6 is 0 Å². The van der Waals surface area contributed by atoms with E-state index in [2.05, 4.69) is 20.3 Å². The molecule has 19 heavy (non-hydrogen) atoms.